The van der Waals surface area contributed by atoms with Crippen molar-refractivity contribution in [2.24, 2.45) is 5.92 Å². The molecule has 1 saturated heterocycles. The molecule has 3 amide bonds. The molecule has 0 aromatic heterocycles. The molecule has 2 aromatic carbocycles. The fraction of sp³-hybridized carbons (Fsp3) is 0.391. The Morgan fingerprint density at radius 1 is 0.828 bits per heavy atom. The van der Waals surface area contributed by atoms with E-state index < -0.39 is 0 Å². The Hall–Kier alpha value is -3.02. The first-order valence-electron chi connectivity index (χ1n) is 10.4. The van der Waals surface area contributed by atoms with Crippen LogP contribution in [0.1, 0.15) is 25.7 Å². The molecule has 6 heteroatoms. The molecule has 29 heavy (non-hydrogen) atoms. The van der Waals surface area contributed by atoms with Crippen molar-refractivity contribution in [3.8, 4) is 11.5 Å². The van der Waals surface area contributed by atoms with Crippen molar-refractivity contribution in [3.63, 3.8) is 0 Å². The summed E-state index contributed by atoms with van der Waals surface area (Å²) in [5.41, 5.74) is 0.632. The SMILES string of the molecule is O=C(Nc1ccccc1Oc1ccccc1)N1CCCN(C(=O)C2CCC2)CC1. The van der Waals surface area contributed by atoms with Gasteiger partial charge in [0.2, 0.25) is 5.91 Å². The van der Waals surface area contributed by atoms with Crippen molar-refractivity contribution in [3.05, 3.63) is 54.6 Å². The Morgan fingerprint density at radius 3 is 2.28 bits per heavy atom. The average Bonchev–Trinajstić information content (AvgIpc) is 2.95. The van der Waals surface area contributed by atoms with E-state index in [1.165, 1.54) is 0 Å². The van der Waals surface area contributed by atoms with Gasteiger partial charge in [-0.25, -0.2) is 4.79 Å². The third-order valence-electron chi connectivity index (χ3n) is 5.65. The summed E-state index contributed by atoms with van der Waals surface area (Å²) in [6, 6.07) is 16.8. The highest BCUT2D eigenvalue weighted by Crippen LogP contribution is 2.30. The molecule has 1 saturated carbocycles. The Kier molecular flexibility index (Phi) is 5.98. The minimum absolute atomic E-state index is 0.160. The van der Waals surface area contributed by atoms with E-state index in [2.05, 4.69) is 5.32 Å². The molecular weight excluding hydrogens is 366 g/mol. The van der Waals surface area contributed by atoms with Crippen LogP contribution in [0.15, 0.2) is 54.6 Å². The van der Waals surface area contributed by atoms with Gasteiger partial charge in [0.25, 0.3) is 0 Å². The Labute approximate surface area is 171 Å². The number of urea groups is 1. The fourth-order valence-electron chi connectivity index (χ4n) is 3.72. The van der Waals surface area contributed by atoms with E-state index in [4.69, 9.17) is 4.74 Å². The molecule has 1 N–H and O–H groups in total. The predicted molar refractivity (Wildman–Crippen MR) is 112 cm³/mol. The summed E-state index contributed by atoms with van der Waals surface area (Å²) in [5.74, 6) is 1.79. The number of hydrogen-bond acceptors (Lipinski definition) is 3. The zero-order valence-electron chi connectivity index (χ0n) is 16.5. The summed E-state index contributed by atoms with van der Waals surface area (Å²) >= 11 is 0. The molecule has 2 fully saturated rings. The topological polar surface area (TPSA) is 61.9 Å². The number of anilines is 1. The van der Waals surface area contributed by atoms with Crippen LogP contribution in [0.3, 0.4) is 0 Å². The third-order valence-corrected chi connectivity index (χ3v) is 5.65. The van der Waals surface area contributed by atoms with Gasteiger partial charge in [-0.15, -0.1) is 0 Å². The van der Waals surface area contributed by atoms with Crippen molar-refractivity contribution in [1.29, 1.82) is 0 Å². The Morgan fingerprint density at radius 2 is 1.52 bits per heavy atom. The van der Waals surface area contributed by atoms with E-state index in [1.807, 2.05) is 59.5 Å². The van der Waals surface area contributed by atoms with E-state index >= 15 is 0 Å². The molecule has 2 aromatic rings. The molecule has 1 aliphatic heterocycles. The number of nitrogens with one attached hydrogen (secondary N) is 1. The number of para-hydroxylation sites is 3. The zero-order chi connectivity index (χ0) is 20.1. The van der Waals surface area contributed by atoms with Crippen molar-refractivity contribution >= 4 is 17.6 Å². The number of carbonyl (C=O) groups is 2. The number of carbonyl (C=O) groups excluding carboxylic acids is 2. The lowest BCUT2D eigenvalue weighted by molar-refractivity contribution is -0.138. The van der Waals surface area contributed by atoms with Crippen LogP contribution >= 0.6 is 0 Å². The molecule has 0 radical (unpaired) electrons. The molecule has 0 spiro atoms. The minimum Gasteiger partial charge on any atom is -0.455 e. The molecule has 4 rings (SSSR count). The second kappa shape index (κ2) is 8.99. The van der Waals surface area contributed by atoms with Crippen LogP contribution in [-0.2, 0) is 4.79 Å². The first kappa shape index (κ1) is 19.3. The molecule has 6 nitrogen and oxygen atoms in total. The van der Waals surface area contributed by atoms with Gasteiger partial charge in [-0.3, -0.25) is 4.79 Å². The molecular formula is C23H27N3O3. The first-order valence-corrected chi connectivity index (χ1v) is 10.4. The largest absolute Gasteiger partial charge is 0.455 e. The van der Waals surface area contributed by atoms with Crippen LogP contribution in [-0.4, -0.2) is 47.9 Å². The van der Waals surface area contributed by atoms with E-state index in [0.717, 1.165) is 32.2 Å². The summed E-state index contributed by atoms with van der Waals surface area (Å²) in [6.45, 7) is 2.52. The highest BCUT2D eigenvalue weighted by atomic mass is 16.5. The standard InChI is InChI=1S/C23H27N3O3/c27-22(18-8-6-9-18)25-14-7-15-26(17-16-25)23(28)24-20-12-4-5-13-21(20)29-19-10-2-1-3-11-19/h1-5,10-13,18H,6-9,14-17H2,(H,24,28). The predicted octanol–water partition coefficient (Wildman–Crippen LogP) is 4.35. The molecule has 0 unspecified atom stereocenters. The summed E-state index contributed by atoms with van der Waals surface area (Å²) in [7, 11) is 0. The van der Waals surface area contributed by atoms with Gasteiger partial charge in [-0.2, -0.15) is 0 Å². The van der Waals surface area contributed by atoms with Crippen LogP contribution in [0.25, 0.3) is 0 Å². The third kappa shape index (κ3) is 4.70. The van der Waals surface area contributed by atoms with Crippen molar-refractivity contribution in [1.82, 2.24) is 9.80 Å². The Balaban J connectivity index is 1.37. The lowest BCUT2D eigenvalue weighted by Gasteiger charge is -2.31. The number of rotatable bonds is 4. The quantitative estimate of drug-likeness (QED) is 0.840. The first-order chi connectivity index (χ1) is 14.2. The second-order valence-corrected chi connectivity index (χ2v) is 7.64. The van der Waals surface area contributed by atoms with Crippen LogP contribution in [0.5, 0.6) is 11.5 Å². The van der Waals surface area contributed by atoms with Gasteiger partial charge in [0.05, 0.1) is 5.69 Å². The van der Waals surface area contributed by atoms with Gasteiger partial charge in [0, 0.05) is 32.1 Å². The zero-order valence-corrected chi connectivity index (χ0v) is 16.5. The highest BCUT2D eigenvalue weighted by Gasteiger charge is 2.31. The normalized spacial score (nSPS) is 17.2. The molecule has 152 valence electrons. The van der Waals surface area contributed by atoms with Crippen molar-refractivity contribution in [2.45, 2.75) is 25.7 Å². The van der Waals surface area contributed by atoms with Crippen LogP contribution in [0.4, 0.5) is 10.5 Å². The van der Waals surface area contributed by atoms with Gasteiger partial charge < -0.3 is 19.9 Å². The van der Waals surface area contributed by atoms with Crippen LogP contribution < -0.4 is 10.1 Å². The lowest BCUT2D eigenvalue weighted by atomic mass is 9.84. The van der Waals surface area contributed by atoms with Gasteiger partial charge in [0.15, 0.2) is 5.75 Å². The highest BCUT2D eigenvalue weighted by molar-refractivity contribution is 5.91. The van der Waals surface area contributed by atoms with E-state index in [0.29, 0.717) is 36.8 Å². The van der Waals surface area contributed by atoms with E-state index in [-0.39, 0.29) is 17.9 Å². The maximum absolute atomic E-state index is 12.9. The lowest BCUT2D eigenvalue weighted by Crippen LogP contribution is -2.42. The number of ether oxygens (including phenoxy) is 1. The summed E-state index contributed by atoms with van der Waals surface area (Å²) in [6.07, 6.45) is 3.98. The van der Waals surface area contributed by atoms with Crippen molar-refractivity contribution < 1.29 is 14.3 Å². The molecule has 0 bridgehead atoms. The minimum atomic E-state index is -0.160. The van der Waals surface area contributed by atoms with Gasteiger partial charge >= 0.3 is 6.03 Å². The monoisotopic (exact) mass is 393 g/mol. The van der Waals surface area contributed by atoms with E-state index in [1.54, 1.807) is 4.90 Å². The van der Waals surface area contributed by atoms with Crippen LogP contribution in [0, 0.1) is 5.92 Å². The maximum Gasteiger partial charge on any atom is 0.322 e. The Bertz CT molecular complexity index is 851. The second-order valence-electron chi connectivity index (χ2n) is 7.64. The van der Waals surface area contributed by atoms with Gasteiger partial charge in [-0.05, 0) is 43.5 Å². The van der Waals surface area contributed by atoms with Crippen molar-refractivity contribution in [2.75, 3.05) is 31.5 Å². The van der Waals surface area contributed by atoms with Gasteiger partial charge in [0.1, 0.15) is 5.75 Å². The molecule has 0 atom stereocenters. The number of nitrogens with zero attached hydrogens (tertiary/aromatic N) is 2. The molecule has 2 aliphatic rings. The van der Waals surface area contributed by atoms with Crippen LogP contribution in [0.2, 0.25) is 0 Å². The summed E-state index contributed by atoms with van der Waals surface area (Å²) in [4.78, 5) is 29.1. The maximum atomic E-state index is 12.9. The molecule has 1 heterocycles. The molecule has 1 aliphatic carbocycles. The number of hydrogen-bond donors (Lipinski definition) is 1. The number of amides is 3. The van der Waals surface area contributed by atoms with Gasteiger partial charge in [-0.1, -0.05) is 36.8 Å². The average molecular weight is 393 g/mol. The summed E-state index contributed by atoms with van der Waals surface area (Å²) < 4.78 is 5.93. The number of benzene rings is 2. The smallest absolute Gasteiger partial charge is 0.322 e. The fourth-order valence-corrected chi connectivity index (χ4v) is 3.72. The van der Waals surface area contributed by atoms with E-state index in [9.17, 15) is 9.59 Å². The summed E-state index contributed by atoms with van der Waals surface area (Å²) in [5, 5.41) is 2.98.